The Bertz CT molecular complexity index is 1430. The first-order valence-corrected chi connectivity index (χ1v) is 15.9. The van der Waals surface area contributed by atoms with E-state index in [-0.39, 0.29) is 13.0 Å². The minimum atomic E-state index is -2.51. The van der Waals surface area contributed by atoms with Gasteiger partial charge in [-0.2, -0.15) is 0 Å². The van der Waals surface area contributed by atoms with Crippen LogP contribution in [0, 0.1) is 12.3 Å². The molecule has 0 radical (unpaired) electrons. The molecule has 4 rings (SSSR count). The predicted molar refractivity (Wildman–Crippen MR) is 173 cm³/mol. The Labute approximate surface area is 283 Å². The van der Waals surface area contributed by atoms with Gasteiger partial charge in [0.1, 0.15) is 24.6 Å². The Kier molecular flexibility index (Phi) is 13.7. The van der Waals surface area contributed by atoms with Crippen LogP contribution in [-0.2, 0) is 41.6 Å². The Morgan fingerprint density at radius 2 is 1.71 bits per heavy atom. The minimum absolute atomic E-state index is 0.0198. The fraction of sp³-hybridized carbons (Fsp3) is 0.500. The lowest BCUT2D eigenvalue weighted by Gasteiger charge is -2.46. The van der Waals surface area contributed by atoms with Crippen molar-refractivity contribution in [2.24, 2.45) is 0 Å². The Morgan fingerprint density at radius 3 is 2.35 bits per heavy atom. The smallest absolute Gasteiger partial charge is 0.364 e. The third kappa shape index (κ3) is 10.4. The van der Waals surface area contributed by atoms with E-state index in [1.54, 1.807) is 24.3 Å². The summed E-state index contributed by atoms with van der Waals surface area (Å²) in [5.74, 6) is -2.55. The highest BCUT2D eigenvalue weighted by Crippen LogP contribution is 2.34. The van der Waals surface area contributed by atoms with Crippen LogP contribution in [0.4, 0.5) is 5.69 Å². The number of carbonyl (C=O) groups excluding carboxylic acids is 2. The van der Waals surface area contributed by atoms with Crippen LogP contribution >= 0.6 is 0 Å². The zero-order valence-corrected chi connectivity index (χ0v) is 26.9. The number of anilines is 1. The van der Waals surface area contributed by atoms with Gasteiger partial charge in [-0.05, 0) is 35.4 Å². The van der Waals surface area contributed by atoms with E-state index in [4.69, 9.17) is 25.4 Å². The van der Waals surface area contributed by atoms with Gasteiger partial charge in [0.2, 0.25) is 11.8 Å². The topological polar surface area (TPSA) is 217 Å². The molecule has 0 spiro atoms. The van der Waals surface area contributed by atoms with E-state index >= 15 is 0 Å². The molecule has 2 aromatic carbocycles. The summed E-state index contributed by atoms with van der Waals surface area (Å²) in [6.45, 7) is 1.39. The number of amides is 2. The number of rotatable bonds is 16. The van der Waals surface area contributed by atoms with Crippen molar-refractivity contribution in [2.75, 3.05) is 51.0 Å². The third-order valence-corrected chi connectivity index (χ3v) is 8.20. The fourth-order valence-corrected chi connectivity index (χ4v) is 5.51. The molecule has 0 unspecified atom stereocenters. The number of aliphatic carboxylic acids is 1. The lowest BCUT2D eigenvalue weighted by atomic mass is 9.88. The van der Waals surface area contributed by atoms with Crippen LogP contribution in [-0.4, -0.2) is 126 Å². The Balaban J connectivity index is 1.40. The van der Waals surface area contributed by atoms with Crippen LogP contribution in [0.1, 0.15) is 24.0 Å². The molecule has 15 nitrogen and oxygen atoms in total. The molecular weight excluding hydrogens is 642 g/mol. The number of carboxylic acids is 1. The summed E-state index contributed by atoms with van der Waals surface area (Å²) in [5.41, 5.74) is 2.24. The number of nitrogens with zero attached hydrogens (tertiary/aromatic N) is 1. The molecule has 2 amide bonds. The number of morpholine rings is 1. The van der Waals surface area contributed by atoms with Gasteiger partial charge in [-0.3, -0.25) is 9.59 Å². The van der Waals surface area contributed by atoms with Crippen molar-refractivity contribution in [1.82, 2.24) is 10.6 Å². The molecule has 2 fully saturated rings. The van der Waals surface area contributed by atoms with Crippen molar-refractivity contribution in [3.63, 3.8) is 0 Å². The molecule has 0 bridgehead atoms. The van der Waals surface area contributed by atoms with Gasteiger partial charge in [-0.25, -0.2) is 4.79 Å². The fourth-order valence-electron chi connectivity index (χ4n) is 5.51. The molecule has 15 heteroatoms. The second-order valence-electron chi connectivity index (χ2n) is 11.7. The van der Waals surface area contributed by atoms with Crippen molar-refractivity contribution < 1.29 is 58.9 Å². The summed E-state index contributed by atoms with van der Waals surface area (Å²) in [7, 11) is 0. The summed E-state index contributed by atoms with van der Waals surface area (Å²) < 4.78 is 22.3. The average molecular weight is 686 g/mol. The molecule has 0 aromatic heterocycles. The van der Waals surface area contributed by atoms with E-state index in [2.05, 4.69) is 21.5 Å². The van der Waals surface area contributed by atoms with Crippen LogP contribution < -0.4 is 20.3 Å². The molecule has 2 aliphatic rings. The summed E-state index contributed by atoms with van der Waals surface area (Å²) in [6, 6.07) is 12.5. The molecule has 2 heterocycles. The van der Waals surface area contributed by atoms with Crippen LogP contribution in [0.15, 0.2) is 48.5 Å². The van der Waals surface area contributed by atoms with Crippen molar-refractivity contribution >= 4 is 23.5 Å². The maximum absolute atomic E-state index is 12.7. The quantitative estimate of drug-likeness (QED) is 0.0829. The van der Waals surface area contributed by atoms with Crippen molar-refractivity contribution in [3.8, 4) is 18.1 Å². The average Bonchev–Trinajstić information content (AvgIpc) is 3.11. The third-order valence-electron chi connectivity index (χ3n) is 8.20. The van der Waals surface area contributed by atoms with Gasteiger partial charge in [0.25, 0.3) is 5.79 Å². The number of carboxylic acid groups (broad SMARTS) is 1. The number of benzene rings is 2. The first-order valence-electron chi connectivity index (χ1n) is 15.9. The highest BCUT2D eigenvalue weighted by Gasteiger charge is 2.55. The molecule has 2 saturated heterocycles. The number of aliphatic hydroxyl groups is 4. The number of hydrogen-bond donors (Lipinski definition) is 7. The van der Waals surface area contributed by atoms with Gasteiger partial charge in [-0.15, -0.1) is 12.3 Å². The van der Waals surface area contributed by atoms with E-state index < -0.39 is 73.6 Å². The molecule has 6 atom stereocenters. The van der Waals surface area contributed by atoms with E-state index in [0.29, 0.717) is 43.1 Å². The van der Waals surface area contributed by atoms with E-state index in [1.165, 1.54) is 0 Å². The normalized spacial score (nSPS) is 23.5. The first-order chi connectivity index (χ1) is 23.5. The lowest BCUT2D eigenvalue weighted by Crippen LogP contribution is -2.68. The highest BCUT2D eigenvalue weighted by molar-refractivity contribution is 5.79. The van der Waals surface area contributed by atoms with Gasteiger partial charge < -0.3 is 60.0 Å². The standard InChI is InChI=1S/C34H43N3O12/c1-2-3-14-47-25-10-6-23(7-11-25)21-48-34(33(44)45)18-26(39)30(36-29(42)20-38)32(49-34)31(43)27(40)19-35-28(41)17-22-4-8-24(9-5-22)37-12-15-46-16-13-37/h1,4-11,26-27,30-32,38-40,43H,3,12-21H2,(H,35,41)(H,36,42)(H,44,45)/t26-,27+,30+,31+,32+,34+/m0/s1. The van der Waals surface area contributed by atoms with E-state index in [0.717, 1.165) is 18.8 Å². The molecule has 49 heavy (non-hydrogen) atoms. The lowest BCUT2D eigenvalue weighted by molar-refractivity contribution is -0.314. The second kappa shape index (κ2) is 17.9. The molecule has 0 aliphatic carbocycles. The SMILES string of the molecule is C#CCCOc1ccc(CO[C@]2(C(=O)O)C[C@H](O)[C@@H](NC(=O)CO)[C@H]([C@H](O)[C@H](O)CNC(=O)Cc3ccc(N4CCOCC4)cc3)O2)cc1. The summed E-state index contributed by atoms with van der Waals surface area (Å²) in [5, 5.41) is 57.3. The highest BCUT2D eigenvalue weighted by atomic mass is 16.7. The van der Waals surface area contributed by atoms with Gasteiger partial charge in [0.05, 0.1) is 51.1 Å². The molecule has 266 valence electrons. The van der Waals surface area contributed by atoms with Crippen molar-refractivity contribution in [1.29, 1.82) is 0 Å². The number of carbonyl (C=O) groups is 3. The van der Waals surface area contributed by atoms with Gasteiger partial charge in [0, 0.05) is 38.2 Å². The van der Waals surface area contributed by atoms with E-state index in [1.807, 2.05) is 24.3 Å². The second-order valence-corrected chi connectivity index (χ2v) is 11.7. The van der Waals surface area contributed by atoms with Crippen LogP contribution in [0.25, 0.3) is 0 Å². The van der Waals surface area contributed by atoms with Gasteiger partial charge >= 0.3 is 5.97 Å². The number of ether oxygens (including phenoxy) is 4. The maximum Gasteiger partial charge on any atom is 0.364 e. The largest absolute Gasteiger partial charge is 0.493 e. The molecule has 2 aliphatic heterocycles. The first kappa shape index (κ1) is 37.5. The van der Waals surface area contributed by atoms with E-state index in [9.17, 15) is 39.9 Å². The summed E-state index contributed by atoms with van der Waals surface area (Å²) in [6.07, 6.45) is -2.12. The van der Waals surface area contributed by atoms with Gasteiger partial charge in [-0.1, -0.05) is 24.3 Å². The molecule has 2 aromatic rings. The predicted octanol–water partition coefficient (Wildman–Crippen LogP) is -1.07. The van der Waals surface area contributed by atoms with Crippen LogP contribution in [0.2, 0.25) is 0 Å². The summed E-state index contributed by atoms with van der Waals surface area (Å²) >= 11 is 0. The molecule has 7 N–H and O–H groups in total. The number of nitrogens with one attached hydrogen (secondary N) is 2. The monoisotopic (exact) mass is 685 g/mol. The molecule has 0 saturated carbocycles. The van der Waals surface area contributed by atoms with Crippen molar-refractivity contribution in [2.45, 2.75) is 62.1 Å². The zero-order valence-electron chi connectivity index (χ0n) is 26.9. The van der Waals surface area contributed by atoms with Crippen LogP contribution in [0.5, 0.6) is 5.75 Å². The van der Waals surface area contributed by atoms with Crippen LogP contribution in [0.3, 0.4) is 0 Å². The summed E-state index contributed by atoms with van der Waals surface area (Å²) in [4.78, 5) is 39.5. The molecular formula is C34H43N3O12. The number of hydrogen-bond acceptors (Lipinski definition) is 12. The minimum Gasteiger partial charge on any atom is -0.493 e. The number of aliphatic hydroxyl groups excluding tert-OH is 4. The number of terminal acetylenes is 1. The zero-order chi connectivity index (χ0) is 35.4. The maximum atomic E-state index is 12.7. The Hall–Kier alpha value is -4.27. The van der Waals surface area contributed by atoms with Gasteiger partial charge in [0.15, 0.2) is 0 Å². The Morgan fingerprint density at radius 1 is 1.04 bits per heavy atom. The van der Waals surface area contributed by atoms with Crippen molar-refractivity contribution in [3.05, 3.63) is 59.7 Å².